The molecule has 0 atom stereocenters. The van der Waals surface area contributed by atoms with E-state index in [1.165, 1.54) is 11.8 Å². The fraction of sp³-hybridized carbons (Fsp3) is 0.389. The summed E-state index contributed by atoms with van der Waals surface area (Å²) in [5, 5.41) is 2.84. The standard InChI is InChI=1S/C18H25N5O/c1-4-23(14-15-8-6-5-7-9-15)17-13-20-16(12-21-17)18(24)19-10-11-22(2)3/h5-9,12-13H,4,10-11,14H2,1-3H3,(H,19,24). The molecule has 1 heterocycles. The number of nitrogens with one attached hydrogen (secondary N) is 1. The Morgan fingerprint density at radius 1 is 1.12 bits per heavy atom. The van der Waals surface area contributed by atoms with Crippen LogP contribution < -0.4 is 10.2 Å². The summed E-state index contributed by atoms with van der Waals surface area (Å²) >= 11 is 0. The summed E-state index contributed by atoms with van der Waals surface area (Å²) in [5.74, 6) is 0.577. The molecule has 0 aliphatic heterocycles. The molecule has 1 aromatic heterocycles. The van der Waals surface area contributed by atoms with Gasteiger partial charge < -0.3 is 15.1 Å². The second kappa shape index (κ2) is 8.98. The third kappa shape index (κ3) is 5.31. The van der Waals surface area contributed by atoms with Crippen LogP contribution in [0, 0.1) is 0 Å². The van der Waals surface area contributed by atoms with Crippen LogP contribution in [0.1, 0.15) is 23.0 Å². The maximum Gasteiger partial charge on any atom is 0.271 e. The number of benzene rings is 1. The number of anilines is 1. The molecule has 0 spiro atoms. The first-order valence-electron chi connectivity index (χ1n) is 8.14. The Kier molecular flexibility index (Phi) is 6.69. The predicted octanol–water partition coefficient (Wildman–Crippen LogP) is 1.79. The number of carbonyl (C=O) groups excluding carboxylic acids is 1. The summed E-state index contributed by atoms with van der Waals surface area (Å²) in [6, 6.07) is 10.2. The highest BCUT2D eigenvalue weighted by Crippen LogP contribution is 2.13. The zero-order valence-corrected chi connectivity index (χ0v) is 14.6. The molecule has 1 aromatic carbocycles. The van der Waals surface area contributed by atoms with Gasteiger partial charge >= 0.3 is 0 Å². The lowest BCUT2D eigenvalue weighted by molar-refractivity contribution is 0.0945. The van der Waals surface area contributed by atoms with Crippen LogP contribution in [0.4, 0.5) is 5.82 Å². The van der Waals surface area contributed by atoms with E-state index in [1.807, 2.05) is 37.2 Å². The van der Waals surface area contributed by atoms with Gasteiger partial charge in [-0.15, -0.1) is 0 Å². The third-order valence-electron chi connectivity index (χ3n) is 3.64. The monoisotopic (exact) mass is 327 g/mol. The maximum absolute atomic E-state index is 12.0. The average Bonchev–Trinajstić information content (AvgIpc) is 2.60. The SMILES string of the molecule is CCN(Cc1ccccc1)c1cnc(C(=O)NCCN(C)C)cn1. The van der Waals surface area contributed by atoms with Crippen molar-refractivity contribution in [2.24, 2.45) is 0 Å². The van der Waals surface area contributed by atoms with E-state index in [9.17, 15) is 4.79 Å². The van der Waals surface area contributed by atoms with E-state index < -0.39 is 0 Å². The molecule has 128 valence electrons. The van der Waals surface area contributed by atoms with Gasteiger partial charge in [-0.25, -0.2) is 9.97 Å². The van der Waals surface area contributed by atoms with E-state index in [2.05, 4.69) is 39.2 Å². The second-order valence-corrected chi connectivity index (χ2v) is 5.82. The van der Waals surface area contributed by atoms with Crippen LogP contribution in [0.25, 0.3) is 0 Å². The molecule has 1 amide bonds. The quantitative estimate of drug-likeness (QED) is 0.801. The first-order chi connectivity index (χ1) is 11.6. The first-order valence-corrected chi connectivity index (χ1v) is 8.14. The van der Waals surface area contributed by atoms with Crippen molar-refractivity contribution in [3.05, 3.63) is 54.0 Å². The van der Waals surface area contributed by atoms with Gasteiger partial charge in [-0.3, -0.25) is 4.79 Å². The van der Waals surface area contributed by atoms with Gasteiger partial charge in [0.05, 0.1) is 12.4 Å². The molecule has 0 saturated heterocycles. The predicted molar refractivity (Wildman–Crippen MR) is 96.1 cm³/mol. The van der Waals surface area contributed by atoms with Gasteiger partial charge in [0, 0.05) is 26.2 Å². The van der Waals surface area contributed by atoms with Crippen molar-refractivity contribution >= 4 is 11.7 Å². The molecular weight excluding hydrogens is 302 g/mol. The topological polar surface area (TPSA) is 61.4 Å². The molecule has 0 unspecified atom stereocenters. The Bertz CT molecular complexity index is 628. The molecule has 6 heteroatoms. The lowest BCUT2D eigenvalue weighted by Gasteiger charge is -2.21. The van der Waals surface area contributed by atoms with Crippen LogP contribution >= 0.6 is 0 Å². The number of hydrogen-bond donors (Lipinski definition) is 1. The zero-order chi connectivity index (χ0) is 17.4. The van der Waals surface area contributed by atoms with Gasteiger partial charge in [-0.1, -0.05) is 30.3 Å². The normalized spacial score (nSPS) is 10.7. The Labute approximate surface area is 143 Å². The van der Waals surface area contributed by atoms with Gasteiger partial charge in [0.15, 0.2) is 0 Å². The molecule has 0 aliphatic rings. The number of aromatic nitrogens is 2. The molecular formula is C18H25N5O. The van der Waals surface area contributed by atoms with Crippen molar-refractivity contribution < 1.29 is 4.79 Å². The molecule has 24 heavy (non-hydrogen) atoms. The van der Waals surface area contributed by atoms with Crippen LogP contribution in [0.3, 0.4) is 0 Å². The highest BCUT2D eigenvalue weighted by atomic mass is 16.1. The third-order valence-corrected chi connectivity index (χ3v) is 3.64. The van der Waals surface area contributed by atoms with E-state index in [4.69, 9.17) is 0 Å². The van der Waals surface area contributed by atoms with Crippen molar-refractivity contribution in [2.75, 3.05) is 38.6 Å². The van der Waals surface area contributed by atoms with E-state index >= 15 is 0 Å². The minimum Gasteiger partial charge on any atom is -0.351 e. The van der Waals surface area contributed by atoms with Gasteiger partial charge in [0.1, 0.15) is 11.5 Å². The lowest BCUT2D eigenvalue weighted by atomic mass is 10.2. The average molecular weight is 327 g/mol. The Hall–Kier alpha value is -2.47. The van der Waals surface area contributed by atoms with E-state index in [-0.39, 0.29) is 5.91 Å². The fourth-order valence-electron chi connectivity index (χ4n) is 2.24. The number of hydrogen-bond acceptors (Lipinski definition) is 5. The van der Waals surface area contributed by atoms with Gasteiger partial charge in [-0.05, 0) is 26.6 Å². The highest BCUT2D eigenvalue weighted by molar-refractivity contribution is 5.91. The van der Waals surface area contributed by atoms with Gasteiger partial charge in [-0.2, -0.15) is 0 Å². The number of amides is 1. The summed E-state index contributed by atoms with van der Waals surface area (Å²) in [4.78, 5) is 24.8. The van der Waals surface area contributed by atoms with Crippen molar-refractivity contribution in [3.8, 4) is 0 Å². The summed E-state index contributed by atoms with van der Waals surface area (Å²) in [6.45, 7) is 5.03. The molecule has 0 bridgehead atoms. The van der Waals surface area contributed by atoms with Crippen LogP contribution in [-0.4, -0.2) is 54.5 Å². The van der Waals surface area contributed by atoms with Crippen LogP contribution in [0.5, 0.6) is 0 Å². The van der Waals surface area contributed by atoms with Crippen LogP contribution in [0.2, 0.25) is 0 Å². The summed E-state index contributed by atoms with van der Waals surface area (Å²) in [5.41, 5.74) is 1.56. The fourth-order valence-corrected chi connectivity index (χ4v) is 2.24. The lowest BCUT2D eigenvalue weighted by Crippen LogP contribution is -2.32. The van der Waals surface area contributed by atoms with E-state index in [0.29, 0.717) is 12.2 Å². The largest absolute Gasteiger partial charge is 0.351 e. The molecule has 0 fully saturated rings. The molecule has 0 aliphatic carbocycles. The molecule has 6 nitrogen and oxygen atoms in total. The molecule has 0 saturated carbocycles. The summed E-state index contributed by atoms with van der Waals surface area (Å²) in [7, 11) is 3.93. The molecule has 2 rings (SSSR count). The first kappa shape index (κ1) is 17.9. The Balaban J connectivity index is 1.97. The maximum atomic E-state index is 12.0. The minimum absolute atomic E-state index is 0.193. The number of rotatable bonds is 8. The van der Waals surface area contributed by atoms with Crippen LogP contribution in [0.15, 0.2) is 42.7 Å². The van der Waals surface area contributed by atoms with Gasteiger partial charge in [0.25, 0.3) is 5.91 Å². The molecule has 2 aromatic rings. The van der Waals surface area contributed by atoms with Crippen molar-refractivity contribution in [1.82, 2.24) is 20.2 Å². The van der Waals surface area contributed by atoms with Crippen LogP contribution in [-0.2, 0) is 6.54 Å². The second-order valence-electron chi connectivity index (χ2n) is 5.82. The minimum atomic E-state index is -0.193. The van der Waals surface area contributed by atoms with E-state index in [1.54, 1.807) is 6.20 Å². The molecule has 1 N–H and O–H groups in total. The Morgan fingerprint density at radius 3 is 2.46 bits per heavy atom. The van der Waals surface area contributed by atoms with Crippen molar-refractivity contribution in [1.29, 1.82) is 0 Å². The van der Waals surface area contributed by atoms with E-state index in [0.717, 1.165) is 25.5 Å². The molecule has 0 radical (unpaired) electrons. The number of likely N-dealkylation sites (N-methyl/N-ethyl adjacent to an activating group) is 1. The summed E-state index contributed by atoms with van der Waals surface area (Å²) < 4.78 is 0. The van der Waals surface area contributed by atoms with Gasteiger partial charge in [0.2, 0.25) is 0 Å². The number of carbonyl (C=O) groups is 1. The zero-order valence-electron chi connectivity index (χ0n) is 14.6. The summed E-state index contributed by atoms with van der Waals surface area (Å²) in [6.07, 6.45) is 3.20. The smallest absolute Gasteiger partial charge is 0.271 e. The number of nitrogens with zero attached hydrogens (tertiary/aromatic N) is 4. The van der Waals surface area contributed by atoms with Crippen molar-refractivity contribution in [2.45, 2.75) is 13.5 Å². The Morgan fingerprint density at radius 2 is 1.88 bits per heavy atom. The van der Waals surface area contributed by atoms with Crippen molar-refractivity contribution in [3.63, 3.8) is 0 Å². The highest BCUT2D eigenvalue weighted by Gasteiger charge is 2.11.